The number of hydrogen-bond acceptors (Lipinski definition) is 5. The fraction of sp³-hybridized carbons (Fsp3) is 0.333. The van der Waals surface area contributed by atoms with E-state index >= 15 is 0 Å². The van der Waals surface area contributed by atoms with Gasteiger partial charge in [-0.05, 0) is 18.6 Å². The summed E-state index contributed by atoms with van der Waals surface area (Å²) in [6.07, 6.45) is -2.80. The number of nitrogen functional groups attached to an aromatic ring is 1. The molecule has 74 valence electrons. The van der Waals surface area contributed by atoms with Crippen LogP contribution in [-0.4, -0.2) is 21.3 Å². The summed E-state index contributed by atoms with van der Waals surface area (Å²) in [7, 11) is 0. The van der Waals surface area contributed by atoms with E-state index in [0.29, 0.717) is 5.56 Å². The highest BCUT2D eigenvalue weighted by Crippen LogP contribution is 2.19. The van der Waals surface area contributed by atoms with Gasteiger partial charge in [0.15, 0.2) is 6.10 Å². The van der Waals surface area contributed by atoms with Crippen LogP contribution in [-0.2, 0) is 0 Å². The van der Waals surface area contributed by atoms with E-state index in [0.717, 1.165) is 0 Å². The van der Waals surface area contributed by atoms with E-state index in [-0.39, 0.29) is 11.5 Å². The summed E-state index contributed by atoms with van der Waals surface area (Å²) in [6.45, 7) is 1.72. The van der Waals surface area contributed by atoms with Gasteiger partial charge in [0, 0.05) is 0 Å². The summed E-state index contributed by atoms with van der Waals surface area (Å²) < 4.78 is 0. The number of nitrogens with zero attached hydrogens (tertiary/aromatic N) is 2. The molecule has 5 heteroatoms. The highest BCUT2D eigenvalue weighted by molar-refractivity contribution is 5.35. The Labute approximate surface area is 81.4 Å². The SMILES string of the molecule is Cc1ccc(N)nc1C(O)C(O)C#N. The van der Waals surface area contributed by atoms with E-state index in [9.17, 15) is 5.11 Å². The minimum atomic E-state index is -1.48. The number of nitriles is 1. The molecular weight excluding hydrogens is 182 g/mol. The standard InChI is InChI=1S/C9H11N3O2/c1-5-2-3-7(11)12-8(5)9(14)6(13)4-10/h2-3,6,9,13-14H,1H3,(H2,11,12). The van der Waals surface area contributed by atoms with Crippen LogP contribution >= 0.6 is 0 Å². The van der Waals surface area contributed by atoms with Gasteiger partial charge in [-0.1, -0.05) is 6.07 Å². The maximum absolute atomic E-state index is 9.50. The molecular formula is C9H11N3O2. The first-order chi connectivity index (χ1) is 6.56. The molecule has 5 nitrogen and oxygen atoms in total. The Morgan fingerprint density at radius 3 is 2.71 bits per heavy atom. The van der Waals surface area contributed by atoms with Crippen LogP contribution in [0, 0.1) is 18.3 Å². The molecule has 2 atom stereocenters. The Bertz CT molecular complexity index is 373. The topological polar surface area (TPSA) is 103 Å². The largest absolute Gasteiger partial charge is 0.384 e. The lowest BCUT2D eigenvalue weighted by atomic mass is 10.1. The highest BCUT2D eigenvalue weighted by atomic mass is 16.3. The quantitative estimate of drug-likeness (QED) is 0.568. The molecule has 1 aromatic rings. The van der Waals surface area contributed by atoms with Crippen molar-refractivity contribution in [2.75, 3.05) is 5.73 Å². The van der Waals surface area contributed by atoms with Crippen LogP contribution in [0.4, 0.5) is 5.82 Å². The number of aliphatic hydroxyl groups is 2. The van der Waals surface area contributed by atoms with E-state index in [1.165, 1.54) is 6.07 Å². The van der Waals surface area contributed by atoms with Gasteiger partial charge in [0.2, 0.25) is 0 Å². The summed E-state index contributed by atoms with van der Waals surface area (Å²) in [5.74, 6) is 0.245. The summed E-state index contributed by atoms with van der Waals surface area (Å²) >= 11 is 0. The zero-order valence-corrected chi connectivity index (χ0v) is 7.68. The second kappa shape index (κ2) is 4.05. The molecule has 0 aromatic carbocycles. The fourth-order valence-corrected chi connectivity index (χ4v) is 1.08. The van der Waals surface area contributed by atoms with Crippen LogP contribution in [0.25, 0.3) is 0 Å². The molecule has 0 saturated heterocycles. The summed E-state index contributed by atoms with van der Waals surface area (Å²) in [5, 5.41) is 27.0. The third kappa shape index (κ3) is 1.99. The summed E-state index contributed by atoms with van der Waals surface area (Å²) in [6, 6.07) is 4.79. The Kier molecular flexibility index (Phi) is 3.02. The Hall–Kier alpha value is -1.64. The van der Waals surface area contributed by atoms with Gasteiger partial charge < -0.3 is 15.9 Å². The third-order valence-corrected chi connectivity index (χ3v) is 1.87. The maximum Gasteiger partial charge on any atom is 0.171 e. The molecule has 4 N–H and O–H groups in total. The van der Waals surface area contributed by atoms with Crippen molar-refractivity contribution in [1.29, 1.82) is 5.26 Å². The predicted molar refractivity (Wildman–Crippen MR) is 50.0 cm³/mol. The van der Waals surface area contributed by atoms with Gasteiger partial charge >= 0.3 is 0 Å². The molecule has 1 aromatic heterocycles. The van der Waals surface area contributed by atoms with Gasteiger partial charge in [0.05, 0.1) is 11.8 Å². The molecule has 0 radical (unpaired) electrons. The molecule has 14 heavy (non-hydrogen) atoms. The lowest BCUT2D eigenvalue weighted by molar-refractivity contribution is 0.0495. The summed E-state index contributed by atoms with van der Waals surface area (Å²) in [5.41, 5.74) is 6.34. The van der Waals surface area contributed by atoms with Crippen molar-refractivity contribution < 1.29 is 10.2 Å². The molecule has 1 rings (SSSR count). The first kappa shape index (κ1) is 10.4. The number of nitrogens with two attached hydrogens (primary N) is 1. The lowest BCUT2D eigenvalue weighted by Crippen LogP contribution is -2.18. The first-order valence-electron chi connectivity index (χ1n) is 4.05. The van der Waals surface area contributed by atoms with E-state index in [4.69, 9.17) is 16.1 Å². The molecule has 0 aliphatic heterocycles. The van der Waals surface area contributed by atoms with Crippen LogP contribution in [0.1, 0.15) is 17.4 Å². The highest BCUT2D eigenvalue weighted by Gasteiger charge is 2.20. The van der Waals surface area contributed by atoms with E-state index in [2.05, 4.69) is 4.98 Å². The second-order valence-corrected chi connectivity index (χ2v) is 2.96. The van der Waals surface area contributed by atoms with Crippen molar-refractivity contribution in [3.63, 3.8) is 0 Å². The molecule has 0 aliphatic rings. The maximum atomic E-state index is 9.50. The second-order valence-electron chi connectivity index (χ2n) is 2.96. The van der Waals surface area contributed by atoms with Crippen molar-refractivity contribution in [2.24, 2.45) is 0 Å². The fourth-order valence-electron chi connectivity index (χ4n) is 1.08. The van der Waals surface area contributed by atoms with Crippen LogP contribution in [0.2, 0.25) is 0 Å². The molecule has 2 unspecified atom stereocenters. The number of aromatic nitrogens is 1. The average Bonchev–Trinajstić information content (AvgIpc) is 2.19. The molecule has 0 bridgehead atoms. The van der Waals surface area contributed by atoms with E-state index in [1.54, 1.807) is 19.1 Å². The van der Waals surface area contributed by atoms with Crippen molar-refractivity contribution >= 4 is 5.82 Å². The van der Waals surface area contributed by atoms with Crippen molar-refractivity contribution in [3.8, 4) is 6.07 Å². The predicted octanol–water partition coefficient (Wildman–Crippen LogP) is -0.110. The van der Waals surface area contributed by atoms with Crippen LogP contribution in [0.15, 0.2) is 12.1 Å². The van der Waals surface area contributed by atoms with E-state index < -0.39 is 12.2 Å². The number of aryl methyl sites for hydroxylation is 1. The van der Waals surface area contributed by atoms with Gasteiger partial charge in [-0.3, -0.25) is 0 Å². The van der Waals surface area contributed by atoms with Gasteiger partial charge in [-0.2, -0.15) is 5.26 Å². The third-order valence-electron chi connectivity index (χ3n) is 1.87. The van der Waals surface area contributed by atoms with Gasteiger partial charge in [-0.15, -0.1) is 0 Å². The number of hydrogen-bond donors (Lipinski definition) is 3. The van der Waals surface area contributed by atoms with Crippen molar-refractivity contribution in [2.45, 2.75) is 19.1 Å². The van der Waals surface area contributed by atoms with Crippen LogP contribution in [0.3, 0.4) is 0 Å². The molecule has 1 heterocycles. The number of aliphatic hydroxyl groups excluding tert-OH is 2. The Morgan fingerprint density at radius 1 is 1.50 bits per heavy atom. The smallest absolute Gasteiger partial charge is 0.171 e. The average molecular weight is 193 g/mol. The van der Waals surface area contributed by atoms with Gasteiger partial charge in [0.25, 0.3) is 0 Å². The normalized spacial score (nSPS) is 14.4. The zero-order chi connectivity index (χ0) is 10.7. The molecule has 0 amide bonds. The first-order valence-corrected chi connectivity index (χ1v) is 4.05. The van der Waals surface area contributed by atoms with Crippen molar-refractivity contribution in [1.82, 2.24) is 4.98 Å². The van der Waals surface area contributed by atoms with Crippen molar-refractivity contribution in [3.05, 3.63) is 23.4 Å². The molecule has 0 fully saturated rings. The monoisotopic (exact) mass is 193 g/mol. The van der Waals surface area contributed by atoms with Gasteiger partial charge in [0.1, 0.15) is 11.9 Å². The van der Waals surface area contributed by atoms with Crippen LogP contribution in [0.5, 0.6) is 0 Å². The van der Waals surface area contributed by atoms with Gasteiger partial charge in [-0.25, -0.2) is 4.98 Å². The minimum absolute atomic E-state index is 0.235. The Balaban J connectivity index is 3.07. The number of pyridine rings is 1. The summed E-state index contributed by atoms with van der Waals surface area (Å²) in [4.78, 5) is 3.86. The van der Waals surface area contributed by atoms with Crippen LogP contribution < -0.4 is 5.73 Å². The minimum Gasteiger partial charge on any atom is -0.384 e. The molecule has 0 aliphatic carbocycles. The molecule has 0 saturated carbocycles. The van der Waals surface area contributed by atoms with E-state index in [1.807, 2.05) is 0 Å². The Morgan fingerprint density at radius 2 is 2.14 bits per heavy atom. The number of rotatable bonds is 2. The molecule has 0 spiro atoms. The zero-order valence-electron chi connectivity index (χ0n) is 7.68. The lowest BCUT2D eigenvalue weighted by Gasteiger charge is -2.13. The number of anilines is 1.